The summed E-state index contributed by atoms with van der Waals surface area (Å²) >= 11 is 0. The molecule has 5 heteroatoms. The summed E-state index contributed by atoms with van der Waals surface area (Å²) in [6.07, 6.45) is 6.32. The minimum absolute atomic E-state index is 0.0391. The van der Waals surface area contributed by atoms with Gasteiger partial charge in [-0.25, -0.2) is 4.79 Å². The molecule has 1 saturated carbocycles. The Morgan fingerprint density at radius 2 is 1.69 bits per heavy atom. The van der Waals surface area contributed by atoms with Crippen LogP contribution >= 0.6 is 0 Å². The lowest BCUT2D eigenvalue weighted by atomic mass is 9.77. The third-order valence-electron chi connectivity index (χ3n) is 6.01. The summed E-state index contributed by atoms with van der Waals surface area (Å²) in [5.41, 5.74) is 3.12. The van der Waals surface area contributed by atoms with E-state index in [2.05, 4.69) is 48.0 Å². The topological polar surface area (TPSA) is 73.4 Å². The predicted octanol–water partition coefficient (Wildman–Crippen LogP) is 2.53. The number of carbonyl (C=O) groups excluding carboxylic acids is 1. The lowest BCUT2D eigenvalue weighted by Gasteiger charge is -2.33. The van der Waals surface area contributed by atoms with Crippen LogP contribution in [0.2, 0.25) is 0 Å². The summed E-state index contributed by atoms with van der Waals surface area (Å²) in [7, 11) is 0. The first-order valence-electron chi connectivity index (χ1n) is 9.95. The highest BCUT2D eigenvalue weighted by Crippen LogP contribution is 2.41. The first kappa shape index (κ1) is 19.2. The highest BCUT2D eigenvalue weighted by atomic mass is 16.3. The molecule has 1 aromatic carbocycles. The van der Waals surface area contributed by atoms with Crippen molar-refractivity contribution >= 4 is 6.03 Å². The molecule has 1 heterocycles. The van der Waals surface area contributed by atoms with Gasteiger partial charge in [-0.2, -0.15) is 0 Å². The minimum Gasteiger partial charge on any atom is -0.387 e. The third-order valence-corrected chi connectivity index (χ3v) is 6.01. The van der Waals surface area contributed by atoms with E-state index in [1.54, 1.807) is 0 Å². The molecule has 5 nitrogen and oxygen atoms in total. The molecule has 0 aromatic heterocycles. The Bertz CT molecular complexity index is 612. The van der Waals surface area contributed by atoms with Gasteiger partial charge in [-0.15, -0.1) is 0 Å². The van der Waals surface area contributed by atoms with Gasteiger partial charge in [0, 0.05) is 25.0 Å². The minimum atomic E-state index is -0.825. The van der Waals surface area contributed by atoms with Gasteiger partial charge < -0.3 is 21.1 Å². The molecule has 2 amide bonds. The number of aliphatic hydroxyl groups is 1. The van der Waals surface area contributed by atoms with Crippen molar-refractivity contribution in [2.24, 2.45) is 0 Å². The van der Waals surface area contributed by atoms with Crippen LogP contribution in [0, 0.1) is 13.8 Å². The van der Waals surface area contributed by atoms with Crippen molar-refractivity contribution in [1.29, 1.82) is 0 Å². The van der Waals surface area contributed by atoms with Crippen molar-refractivity contribution in [2.45, 2.75) is 63.4 Å². The Morgan fingerprint density at radius 1 is 1.04 bits per heavy atom. The molecule has 1 aliphatic carbocycles. The summed E-state index contributed by atoms with van der Waals surface area (Å²) < 4.78 is 0. The van der Waals surface area contributed by atoms with Gasteiger partial charge in [-0.3, -0.25) is 0 Å². The van der Waals surface area contributed by atoms with Crippen LogP contribution in [0.4, 0.5) is 4.79 Å². The van der Waals surface area contributed by atoms with E-state index in [0.717, 1.165) is 32.2 Å². The summed E-state index contributed by atoms with van der Waals surface area (Å²) in [4.78, 5) is 12.3. The number of β-amino-alcohol motifs (C(OH)–C–C–N with tert-alkyl or cyclic N) is 1. The number of carbonyl (C=O) groups is 1. The number of urea groups is 1. The predicted molar refractivity (Wildman–Crippen MR) is 105 cm³/mol. The highest BCUT2D eigenvalue weighted by molar-refractivity contribution is 5.74. The second-order valence-corrected chi connectivity index (χ2v) is 8.40. The number of hydrogen-bond acceptors (Lipinski definition) is 3. The normalized spacial score (nSPS) is 25.0. The van der Waals surface area contributed by atoms with Gasteiger partial charge in [-0.1, -0.05) is 42.2 Å². The van der Waals surface area contributed by atoms with E-state index in [0.29, 0.717) is 19.6 Å². The Balaban J connectivity index is 1.59. The van der Waals surface area contributed by atoms with E-state index in [9.17, 15) is 9.90 Å². The maximum atomic E-state index is 12.3. The molecule has 144 valence electrons. The van der Waals surface area contributed by atoms with Gasteiger partial charge in [0.05, 0.1) is 5.60 Å². The third kappa shape index (κ3) is 4.57. The van der Waals surface area contributed by atoms with E-state index in [-0.39, 0.29) is 11.4 Å². The Labute approximate surface area is 156 Å². The maximum Gasteiger partial charge on any atom is 0.314 e. The van der Waals surface area contributed by atoms with Crippen LogP contribution in [0.25, 0.3) is 0 Å². The molecular formula is C21H33N3O2. The van der Waals surface area contributed by atoms with Crippen LogP contribution in [-0.4, -0.2) is 42.9 Å². The van der Waals surface area contributed by atoms with Crippen LogP contribution in [-0.2, 0) is 5.41 Å². The van der Waals surface area contributed by atoms with Gasteiger partial charge in [0.1, 0.15) is 0 Å². The summed E-state index contributed by atoms with van der Waals surface area (Å²) in [6.45, 7) is 6.70. The van der Waals surface area contributed by atoms with E-state index in [4.69, 9.17) is 0 Å². The summed E-state index contributed by atoms with van der Waals surface area (Å²) in [5.74, 6) is 0. The molecule has 1 saturated heterocycles. The number of amides is 2. The molecule has 4 N–H and O–H groups in total. The number of hydrogen-bond donors (Lipinski definition) is 4. The lowest BCUT2D eigenvalue weighted by Crippen LogP contribution is -2.54. The number of benzene rings is 1. The van der Waals surface area contributed by atoms with E-state index in [1.165, 1.54) is 29.5 Å². The largest absolute Gasteiger partial charge is 0.387 e. The molecule has 26 heavy (non-hydrogen) atoms. The standard InChI is InChI=1S/C21H33N3O2/c1-16-10-17(2)12-18(11-16)20(6-3-4-7-20)13-23-19(25)24-15-21(26)8-5-9-22-14-21/h10-12,22,26H,3-9,13-15H2,1-2H3,(H2,23,24,25). The van der Waals surface area contributed by atoms with Crippen molar-refractivity contribution in [2.75, 3.05) is 26.2 Å². The summed E-state index contributed by atoms with van der Waals surface area (Å²) in [6, 6.07) is 6.56. The zero-order chi connectivity index (χ0) is 18.6. The molecule has 2 fully saturated rings. The number of nitrogens with one attached hydrogen (secondary N) is 3. The molecule has 1 aromatic rings. The van der Waals surface area contributed by atoms with Crippen LogP contribution in [0.15, 0.2) is 18.2 Å². The molecule has 1 unspecified atom stereocenters. The Hall–Kier alpha value is -1.59. The first-order chi connectivity index (χ1) is 12.4. The zero-order valence-electron chi connectivity index (χ0n) is 16.2. The van der Waals surface area contributed by atoms with E-state index < -0.39 is 5.60 Å². The molecule has 0 bridgehead atoms. The highest BCUT2D eigenvalue weighted by Gasteiger charge is 2.36. The fourth-order valence-electron chi connectivity index (χ4n) is 4.56. The molecule has 1 aliphatic heterocycles. The maximum absolute atomic E-state index is 12.3. The van der Waals surface area contributed by atoms with Crippen molar-refractivity contribution in [3.8, 4) is 0 Å². The zero-order valence-corrected chi connectivity index (χ0v) is 16.2. The fraction of sp³-hybridized carbons (Fsp3) is 0.667. The second kappa shape index (κ2) is 7.97. The quantitative estimate of drug-likeness (QED) is 0.653. The number of aryl methyl sites for hydroxylation is 2. The van der Waals surface area contributed by atoms with Crippen LogP contribution in [0.5, 0.6) is 0 Å². The molecule has 3 rings (SSSR count). The van der Waals surface area contributed by atoms with Gasteiger partial charge in [0.2, 0.25) is 0 Å². The SMILES string of the molecule is Cc1cc(C)cc(C2(CNC(=O)NCC3(O)CCCNC3)CCCC2)c1. The lowest BCUT2D eigenvalue weighted by molar-refractivity contribution is 0.0194. The molecule has 0 radical (unpaired) electrons. The summed E-state index contributed by atoms with van der Waals surface area (Å²) in [5, 5.41) is 19.6. The molecule has 1 atom stereocenters. The monoisotopic (exact) mass is 359 g/mol. The van der Waals surface area contributed by atoms with E-state index >= 15 is 0 Å². The van der Waals surface area contributed by atoms with Gasteiger partial charge in [0.25, 0.3) is 0 Å². The molecule has 0 spiro atoms. The molecular weight excluding hydrogens is 326 g/mol. The van der Waals surface area contributed by atoms with Gasteiger partial charge in [-0.05, 0) is 51.6 Å². The second-order valence-electron chi connectivity index (χ2n) is 8.40. The Kier molecular flexibility index (Phi) is 5.88. The number of rotatable bonds is 5. The van der Waals surface area contributed by atoms with Gasteiger partial charge in [0.15, 0.2) is 0 Å². The van der Waals surface area contributed by atoms with E-state index in [1.807, 2.05) is 0 Å². The van der Waals surface area contributed by atoms with Crippen molar-refractivity contribution in [3.63, 3.8) is 0 Å². The van der Waals surface area contributed by atoms with Crippen molar-refractivity contribution in [3.05, 3.63) is 34.9 Å². The number of piperidine rings is 1. The van der Waals surface area contributed by atoms with Crippen LogP contribution in [0.3, 0.4) is 0 Å². The van der Waals surface area contributed by atoms with Crippen LogP contribution in [0.1, 0.15) is 55.2 Å². The molecule has 2 aliphatic rings. The van der Waals surface area contributed by atoms with Crippen LogP contribution < -0.4 is 16.0 Å². The first-order valence-corrected chi connectivity index (χ1v) is 9.95. The van der Waals surface area contributed by atoms with Crippen molar-refractivity contribution < 1.29 is 9.90 Å². The average molecular weight is 360 g/mol. The van der Waals surface area contributed by atoms with Gasteiger partial charge >= 0.3 is 6.03 Å². The Morgan fingerprint density at radius 3 is 2.31 bits per heavy atom. The smallest absolute Gasteiger partial charge is 0.314 e. The van der Waals surface area contributed by atoms with Crippen molar-refractivity contribution in [1.82, 2.24) is 16.0 Å². The fourth-order valence-corrected chi connectivity index (χ4v) is 4.56. The average Bonchev–Trinajstić information content (AvgIpc) is 3.08.